The lowest BCUT2D eigenvalue weighted by Crippen LogP contribution is -2.41. The molecule has 0 aliphatic carbocycles. The summed E-state index contributed by atoms with van der Waals surface area (Å²) in [4.78, 5) is 7.18. The Kier molecular flexibility index (Phi) is 7.72. The predicted octanol–water partition coefficient (Wildman–Crippen LogP) is 2.16. The second-order valence-electron chi connectivity index (χ2n) is 6.84. The third kappa shape index (κ3) is 5.10. The molecule has 0 bridgehead atoms. The molecule has 6 nitrogen and oxygen atoms in total. The highest BCUT2D eigenvalue weighted by Gasteiger charge is 2.42. The van der Waals surface area contributed by atoms with E-state index in [1.807, 2.05) is 13.0 Å². The Morgan fingerprint density at radius 2 is 2.08 bits per heavy atom. The van der Waals surface area contributed by atoms with Crippen LogP contribution in [0.5, 0.6) is 0 Å². The number of hydrogen-bond donors (Lipinski definition) is 1. The van der Waals surface area contributed by atoms with Crippen LogP contribution in [0.25, 0.3) is 0 Å². The smallest absolute Gasteiger partial charge is 0.193 e. The topological polar surface area (TPSA) is 71.0 Å². The van der Waals surface area contributed by atoms with Gasteiger partial charge in [0, 0.05) is 31.7 Å². The van der Waals surface area contributed by atoms with Crippen LogP contribution in [-0.4, -0.2) is 64.4 Å². The van der Waals surface area contributed by atoms with E-state index in [-0.39, 0.29) is 41.7 Å². The molecule has 1 atom stereocenters. The van der Waals surface area contributed by atoms with E-state index >= 15 is 0 Å². The molecule has 0 radical (unpaired) electrons. The number of hydrogen-bond acceptors (Lipinski definition) is 4. The maximum absolute atomic E-state index is 12.4. The van der Waals surface area contributed by atoms with Crippen LogP contribution < -0.4 is 5.32 Å². The van der Waals surface area contributed by atoms with Gasteiger partial charge >= 0.3 is 0 Å². The molecule has 1 spiro atoms. The molecule has 2 heterocycles. The SMILES string of the molecule is CCNC(=NCCS(=O)(=O)c1ccccc1)N1CCC2(CCOC2)C1.I. The van der Waals surface area contributed by atoms with E-state index in [2.05, 4.69) is 15.2 Å². The molecule has 3 rings (SSSR count). The highest BCUT2D eigenvalue weighted by Crippen LogP contribution is 2.38. The zero-order valence-corrected chi connectivity index (χ0v) is 18.3. The van der Waals surface area contributed by atoms with Crippen molar-refractivity contribution in [3.8, 4) is 0 Å². The second-order valence-corrected chi connectivity index (χ2v) is 8.95. The number of nitrogens with zero attached hydrogens (tertiary/aromatic N) is 2. The Balaban J connectivity index is 0.00000243. The third-order valence-corrected chi connectivity index (χ3v) is 6.69. The fourth-order valence-electron chi connectivity index (χ4n) is 3.53. The number of aliphatic imine (C=N–C) groups is 1. The van der Waals surface area contributed by atoms with Gasteiger partial charge in [0.1, 0.15) is 0 Å². The molecule has 0 aromatic heterocycles. The van der Waals surface area contributed by atoms with Gasteiger partial charge in [0.25, 0.3) is 0 Å². The van der Waals surface area contributed by atoms with E-state index < -0.39 is 9.84 Å². The maximum atomic E-state index is 12.4. The molecule has 2 aliphatic heterocycles. The minimum Gasteiger partial charge on any atom is -0.381 e. The molecule has 1 N–H and O–H groups in total. The molecular formula is C18H28IN3O3S. The summed E-state index contributed by atoms with van der Waals surface area (Å²) in [5.41, 5.74) is 0.256. The van der Waals surface area contributed by atoms with Crippen LogP contribution in [0.3, 0.4) is 0 Å². The van der Waals surface area contributed by atoms with Gasteiger partial charge in [-0.2, -0.15) is 0 Å². The van der Waals surface area contributed by atoms with Gasteiger partial charge in [-0.05, 0) is 31.9 Å². The van der Waals surface area contributed by atoms with Gasteiger partial charge in [-0.3, -0.25) is 4.99 Å². The Morgan fingerprint density at radius 3 is 2.73 bits per heavy atom. The van der Waals surface area contributed by atoms with Crippen molar-refractivity contribution in [2.75, 3.05) is 45.1 Å². The number of halogens is 1. The van der Waals surface area contributed by atoms with Crippen molar-refractivity contribution in [2.45, 2.75) is 24.7 Å². The number of nitrogens with one attached hydrogen (secondary N) is 1. The fourth-order valence-corrected chi connectivity index (χ4v) is 4.67. The van der Waals surface area contributed by atoms with Crippen molar-refractivity contribution in [3.05, 3.63) is 30.3 Å². The summed E-state index contributed by atoms with van der Waals surface area (Å²) in [7, 11) is -3.29. The number of sulfone groups is 1. The van der Waals surface area contributed by atoms with Crippen LogP contribution in [0.1, 0.15) is 19.8 Å². The normalized spacial score (nSPS) is 23.3. The average Bonchev–Trinajstić information content (AvgIpc) is 3.25. The van der Waals surface area contributed by atoms with Crippen LogP contribution in [-0.2, 0) is 14.6 Å². The first-order chi connectivity index (χ1) is 12.0. The van der Waals surface area contributed by atoms with Gasteiger partial charge in [0.05, 0.1) is 23.8 Å². The van der Waals surface area contributed by atoms with Gasteiger partial charge in [-0.25, -0.2) is 8.42 Å². The van der Waals surface area contributed by atoms with Crippen molar-refractivity contribution < 1.29 is 13.2 Å². The van der Waals surface area contributed by atoms with E-state index in [9.17, 15) is 8.42 Å². The molecule has 146 valence electrons. The minimum atomic E-state index is -3.29. The van der Waals surface area contributed by atoms with Crippen LogP contribution in [0.15, 0.2) is 40.2 Å². The van der Waals surface area contributed by atoms with E-state index in [0.717, 1.165) is 51.6 Å². The van der Waals surface area contributed by atoms with E-state index in [4.69, 9.17) is 4.74 Å². The van der Waals surface area contributed by atoms with Gasteiger partial charge in [-0.15, -0.1) is 24.0 Å². The second kappa shape index (κ2) is 9.36. The largest absolute Gasteiger partial charge is 0.381 e. The summed E-state index contributed by atoms with van der Waals surface area (Å²) in [6, 6.07) is 8.57. The van der Waals surface area contributed by atoms with Crippen LogP contribution in [0.4, 0.5) is 0 Å². The lowest BCUT2D eigenvalue weighted by Gasteiger charge is -2.25. The Hall–Kier alpha value is -0.870. The summed E-state index contributed by atoms with van der Waals surface area (Å²) in [5.74, 6) is 0.836. The Morgan fingerprint density at radius 1 is 1.31 bits per heavy atom. The summed E-state index contributed by atoms with van der Waals surface area (Å²) in [6.45, 7) is 6.61. The molecule has 0 amide bonds. The zero-order valence-electron chi connectivity index (χ0n) is 15.2. The molecule has 1 aromatic carbocycles. The molecule has 2 aliphatic rings. The first-order valence-corrected chi connectivity index (χ1v) is 10.6. The quantitative estimate of drug-likeness (QED) is 0.387. The number of likely N-dealkylation sites (tertiary alicyclic amines) is 1. The summed E-state index contributed by atoms with van der Waals surface area (Å²) >= 11 is 0. The predicted molar refractivity (Wildman–Crippen MR) is 114 cm³/mol. The minimum absolute atomic E-state index is 0. The van der Waals surface area contributed by atoms with E-state index in [1.165, 1.54) is 0 Å². The van der Waals surface area contributed by atoms with Crippen molar-refractivity contribution in [3.63, 3.8) is 0 Å². The first kappa shape index (κ1) is 21.4. The summed E-state index contributed by atoms with van der Waals surface area (Å²) in [5, 5.41) is 3.30. The summed E-state index contributed by atoms with van der Waals surface area (Å²) < 4.78 is 30.3. The van der Waals surface area contributed by atoms with E-state index in [0.29, 0.717) is 4.90 Å². The molecule has 2 fully saturated rings. The van der Waals surface area contributed by atoms with Gasteiger partial charge < -0.3 is 15.0 Å². The van der Waals surface area contributed by atoms with Crippen molar-refractivity contribution >= 4 is 39.8 Å². The standard InChI is InChI=1S/C18H27N3O3S.HI/c1-2-19-17(21-11-8-18(14-21)9-12-24-15-18)20-10-13-25(22,23)16-6-4-3-5-7-16;/h3-7H,2,8-15H2,1H3,(H,19,20);1H. The molecular weight excluding hydrogens is 465 g/mol. The van der Waals surface area contributed by atoms with Gasteiger partial charge in [0.15, 0.2) is 15.8 Å². The van der Waals surface area contributed by atoms with Crippen LogP contribution in [0, 0.1) is 5.41 Å². The molecule has 26 heavy (non-hydrogen) atoms. The Labute approximate surface area is 173 Å². The van der Waals surface area contributed by atoms with Crippen molar-refractivity contribution in [1.29, 1.82) is 0 Å². The van der Waals surface area contributed by atoms with Crippen LogP contribution in [0.2, 0.25) is 0 Å². The number of rotatable bonds is 5. The average molecular weight is 493 g/mol. The molecule has 0 saturated carbocycles. The van der Waals surface area contributed by atoms with Crippen molar-refractivity contribution in [1.82, 2.24) is 10.2 Å². The number of ether oxygens (including phenoxy) is 1. The zero-order chi connectivity index (χ0) is 17.8. The van der Waals surface area contributed by atoms with Gasteiger partial charge in [-0.1, -0.05) is 18.2 Å². The van der Waals surface area contributed by atoms with Crippen LogP contribution >= 0.6 is 24.0 Å². The molecule has 1 aromatic rings. The first-order valence-electron chi connectivity index (χ1n) is 8.93. The van der Waals surface area contributed by atoms with Crippen molar-refractivity contribution in [2.24, 2.45) is 10.4 Å². The Bertz CT molecular complexity index is 704. The molecule has 2 saturated heterocycles. The number of benzene rings is 1. The lowest BCUT2D eigenvalue weighted by atomic mass is 9.87. The highest BCUT2D eigenvalue weighted by molar-refractivity contribution is 14.0. The lowest BCUT2D eigenvalue weighted by molar-refractivity contribution is 0.156. The highest BCUT2D eigenvalue weighted by atomic mass is 127. The molecule has 8 heteroatoms. The van der Waals surface area contributed by atoms with Gasteiger partial charge in [0.2, 0.25) is 0 Å². The third-order valence-electron chi connectivity index (χ3n) is 4.98. The fraction of sp³-hybridized carbons (Fsp3) is 0.611. The van der Waals surface area contributed by atoms with E-state index in [1.54, 1.807) is 24.3 Å². The molecule has 1 unspecified atom stereocenters. The number of guanidine groups is 1. The maximum Gasteiger partial charge on any atom is 0.193 e. The monoisotopic (exact) mass is 493 g/mol. The summed E-state index contributed by atoms with van der Waals surface area (Å²) in [6.07, 6.45) is 2.21.